The highest BCUT2D eigenvalue weighted by molar-refractivity contribution is 6.09. The normalized spacial score (nSPS) is 12.5. The van der Waals surface area contributed by atoms with Crippen LogP contribution in [0.3, 0.4) is 0 Å². The minimum atomic E-state index is -0.921. The van der Waals surface area contributed by atoms with E-state index in [2.05, 4.69) is 16.7 Å². The van der Waals surface area contributed by atoms with E-state index in [0.29, 0.717) is 6.54 Å². The number of ether oxygens (including phenoxy) is 1. The fourth-order valence-electron chi connectivity index (χ4n) is 3.53. The van der Waals surface area contributed by atoms with Gasteiger partial charge in [0.15, 0.2) is 0 Å². The summed E-state index contributed by atoms with van der Waals surface area (Å²) in [5.41, 5.74) is 3.36. The molecule has 4 rings (SSSR count). The molecule has 0 amide bonds. The Labute approximate surface area is 151 Å². The maximum atomic E-state index is 11.4. The Balaban J connectivity index is 1.91. The highest BCUT2D eigenvalue weighted by Crippen LogP contribution is 2.32. The second-order valence-corrected chi connectivity index (χ2v) is 6.30. The first-order chi connectivity index (χ1) is 12.7. The molecule has 0 aliphatic rings. The van der Waals surface area contributed by atoms with Crippen LogP contribution in [0.1, 0.15) is 22.0 Å². The zero-order valence-electron chi connectivity index (χ0n) is 14.4. The molecule has 0 bridgehead atoms. The fraction of sp³-hybridized carbons (Fsp3) is 0.136. The number of rotatable bonds is 5. The number of hydrogen-bond donors (Lipinski definition) is 1. The summed E-state index contributed by atoms with van der Waals surface area (Å²) in [5.74, 6) is -0.921. The van der Waals surface area contributed by atoms with Crippen LogP contribution in [0.15, 0.2) is 72.8 Å². The van der Waals surface area contributed by atoms with Gasteiger partial charge in [-0.2, -0.15) is 0 Å². The number of hydrogen-bond acceptors (Lipinski definition) is 2. The maximum absolute atomic E-state index is 11.4. The fourth-order valence-corrected chi connectivity index (χ4v) is 3.53. The van der Waals surface area contributed by atoms with Crippen molar-refractivity contribution in [1.29, 1.82) is 0 Å². The number of carboxylic acid groups (broad SMARTS) is 1. The number of methoxy groups -OCH3 is 1. The number of carboxylic acids is 1. The lowest BCUT2D eigenvalue weighted by atomic mass is 10.1. The molecule has 0 saturated heterocycles. The lowest BCUT2D eigenvalue weighted by Crippen LogP contribution is -2.11. The van der Waals surface area contributed by atoms with Gasteiger partial charge in [0.1, 0.15) is 0 Å². The predicted molar refractivity (Wildman–Crippen MR) is 103 cm³/mol. The van der Waals surface area contributed by atoms with E-state index in [9.17, 15) is 9.90 Å². The number of aromatic nitrogens is 1. The first-order valence-electron chi connectivity index (χ1n) is 8.51. The van der Waals surface area contributed by atoms with Crippen LogP contribution in [0, 0.1) is 0 Å². The molecule has 1 atom stereocenters. The van der Waals surface area contributed by atoms with Gasteiger partial charge in [-0.1, -0.05) is 54.6 Å². The Morgan fingerprint density at radius 2 is 1.65 bits per heavy atom. The zero-order valence-corrected chi connectivity index (χ0v) is 14.4. The Morgan fingerprint density at radius 1 is 0.962 bits per heavy atom. The molecule has 0 radical (unpaired) electrons. The smallest absolute Gasteiger partial charge is 0.335 e. The summed E-state index contributed by atoms with van der Waals surface area (Å²) in [6.07, 6.45) is -0.122. The van der Waals surface area contributed by atoms with Gasteiger partial charge in [0.05, 0.1) is 23.7 Å². The highest BCUT2D eigenvalue weighted by atomic mass is 16.5. The highest BCUT2D eigenvalue weighted by Gasteiger charge is 2.17. The number of nitrogens with zero attached hydrogens (tertiary/aromatic N) is 1. The standard InChI is InChI=1S/C22H19NO3/c1-26-21(15-7-3-2-4-8-15)14-23-19-10-6-5-9-17(19)18-12-11-16(22(24)25)13-20(18)23/h2-13,21H,14H2,1H3,(H,24,25). The Bertz CT molecular complexity index is 1080. The lowest BCUT2D eigenvalue weighted by Gasteiger charge is -2.18. The molecule has 1 heterocycles. The largest absolute Gasteiger partial charge is 0.478 e. The molecule has 4 aromatic rings. The average Bonchev–Trinajstić information content (AvgIpc) is 2.99. The van der Waals surface area contributed by atoms with Crippen molar-refractivity contribution >= 4 is 27.8 Å². The van der Waals surface area contributed by atoms with Gasteiger partial charge in [-0.15, -0.1) is 0 Å². The predicted octanol–water partition coefficient (Wildman–Crippen LogP) is 4.88. The molecule has 0 spiro atoms. The molecular formula is C22H19NO3. The van der Waals surface area contributed by atoms with Crippen molar-refractivity contribution in [3.05, 3.63) is 83.9 Å². The second-order valence-electron chi connectivity index (χ2n) is 6.30. The quantitative estimate of drug-likeness (QED) is 0.561. The summed E-state index contributed by atoms with van der Waals surface area (Å²) in [6.45, 7) is 0.605. The SMILES string of the molecule is COC(Cn1c2ccccc2c2ccc(C(=O)O)cc21)c1ccccc1. The zero-order chi connectivity index (χ0) is 18.1. The van der Waals surface area contributed by atoms with Crippen LogP contribution in [0.5, 0.6) is 0 Å². The van der Waals surface area contributed by atoms with Crippen molar-refractivity contribution in [3.63, 3.8) is 0 Å². The summed E-state index contributed by atoms with van der Waals surface area (Å²) < 4.78 is 7.90. The summed E-state index contributed by atoms with van der Waals surface area (Å²) >= 11 is 0. The Kier molecular flexibility index (Phi) is 4.19. The monoisotopic (exact) mass is 345 g/mol. The van der Waals surface area contributed by atoms with Crippen LogP contribution in [-0.4, -0.2) is 22.8 Å². The molecule has 0 fully saturated rings. The van der Waals surface area contributed by atoms with E-state index in [1.807, 2.05) is 48.5 Å². The van der Waals surface area contributed by atoms with Crippen LogP contribution in [0.4, 0.5) is 0 Å². The van der Waals surface area contributed by atoms with E-state index in [-0.39, 0.29) is 11.7 Å². The van der Waals surface area contributed by atoms with Crippen LogP contribution in [-0.2, 0) is 11.3 Å². The van der Waals surface area contributed by atoms with E-state index >= 15 is 0 Å². The van der Waals surface area contributed by atoms with E-state index in [0.717, 1.165) is 27.4 Å². The minimum absolute atomic E-state index is 0.122. The van der Waals surface area contributed by atoms with E-state index in [1.165, 1.54) is 0 Å². The molecule has 0 aliphatic carbocycles. The Hall–Kier alpha value is -3.11. The van der Waals surface area contributed by atoms with Gasteiger partial charge in [0.25, 0.3) is 0 Å². The van der Waals surface area contributed by atoms with Gasteiger partial charge in [0, 0.05) is 23.4 Å². The molecular weight excluding hydrogens is 326 g/mol. The number of benzene rings is 3. The topological polar surface area (TPSA) is 51.5 Å². The molecule has 4 heteroatoms. The third kappa shape index (κ3) is 2.74. The number of aromatic carboxylic acids is 1. The average molecular weight is 345 g/mol. The van der Waals surface area contributed by atoms with Crippen LogP contribution >= 0.6 is 0 Å². The van der Waals surface area contributed by atoms with Crippen molar-refractivity contribution in [3.8, 4) is 0 Å². The third-order valence-corrected chi connectivity index (χ3v) is 4.82. The number of carbonyl (C=O) groups is 1. The molecule has 130 valence electrons. The summed E-state index contributed by atoms with van der Waals surface area (Å²) in [5, 5.41) is 11.5. The molecule has 1 N–H and O–H groups in total. The van der Waals surface area contributed by atoms with Gasteiger partial charge in [-0.25, -0.2) is 4.79 Å². The third-order valence-electron chi connectivity index (χ3n) is 4.82. The van der Waals surface area contributed by atoms with Gasteiger partial charge in [-0.05, 0) is 23.8 Å². The molecule has 4 nitrogen and oxygen atoms in total. The van der Waals surface area contributed by atoms with Crippen LogP contribution in [0.2, 0.25) is 0 Å². The Morgan fingerprint density at radius 3 is 2.38 bits per heavy atom. The minimum Gasteiger partial charge on any atom is -0.478 e. The van der Waals surface area contributed by atoms with Gasteiger partial charge in [0.2, 0.25) is 0 Å². The number of para-hydroxylation sites is 1. The summed E-state index contributed by atoms with van der Waals surface area (Å²) in [7, 11) is 1.70. The van der Waals surface area contributed by atoms with E-state index in [1.54, 1.807) is 19.2 Å². The number of fused-ring (bicyclic) bond motifs is 3. The molecule has 0 saturated carbocycles. The first kappa shape index (κ1) is 16.4. The van der Waals surface area contributed by atoms with E-state index < -0.39 is 5.97 Å². The summed E-state index contributed by atoms with van der Waals surface area (Å²) in [4.78, 5) is 11.4. The van der Waals surface area contributed by atoms with Gasteiger partial charge in [-0.3, -0.25) is 0 Å². The van der Waals surface area contributed by atoms with Gasteiger partial charge < -0.3 is 14.4 Å². The van der Waals surface area contributed by atoms with Crippen molar-refractivity contribution in [1.82, 2.24) is 4.57 Å². The van der Waals surface area contributed by atoms with Crippen LogP contribution in [0.25, 0.3) is 21.8 Å². The first-order valence-corrected chi connectivity index (χ1v) is 8.51. The maximum Gasteiger partial charge on any atom is 0.335 e. The molecule has 0 aliphatic heterocycles. The lowest BCUT2D eigenvalue weighted by molar-refractivity contribution is 0.0697. The van der Waals surface area contributed by atoms with E-state index in [4.69, 9.17) is 4.74 Å². The summed E-state index contributed by atoms with van der Waals surface area (Å²) in [6, 6.07) is 23.5. The van der Waals surface area contributed by atoms with Crippen molar-refractivity contribution in [2.75, 3.05) is 7.11 Å². The molecule has 1 unspecified atom stereocenters. The van der Waals surface area contributed by atoms with Crippen molar-refractivity contribution in [2.45, 2.75) is 12.6 Å². The van der Waals surface area contributed by atoms with Crippen LogP contribution < -0.4 is 0 Å². The molecule has 3 aromatic carbocycles. The second kappa shape index (κ2) is 6.65. The van der Waals surface area contributed by atoms with Gasteiger partial charge >= 0.3 is 5.97 Å². The molecule has 26 heavy (non-hydrogen) atoms. The van der Waals surface area contributed by atoms with Crippen molar-refractivity contribution in [2.24, 2.45) is 0 Å². The van der Waals surface area contributed by atoms with Crippen molar-refractivity contribution < 1.29 is 14.6 Å². The molecule has 1 aromatic heterocycles.